The molecule has 25 heavy (non-hydrogen) atoms. The molecular weight excluding hydrogens is 427 g/mol. The van der Waals surface area contributed by atoms with Crippen LogP contribution >= 0.6 is 22.6 Å². The summed E-state index contributed by atoms with van der Waals surface area (Å²) in [6.45, 7) is 7.12. The molecule has 0 radical (unpaired) electrons. The Bertz CT molecular complexity index is 882. The van der Waals surface area contributed by atoms with Crippen molar-refractivity contribution in [2.45, 2.75) is 32.6 Å². The first-order valence-corrected chi connectivity index (χ1v) is 9.68. The molecule has 0 N–H and O–H groups in total. The molecule has 2 aromatic carbocycles. The summed E-state index contributed by atoms with van der Waals surface area (Å²) in [5, 5.41) is 0. The first-order chi connectivity index (χ1) is 12.1. The van der Waals surface area contributed by atoms with Crippen LogP contribution in [0.3, 0.4) is 0 Å². The summed E-state index contributed by atoms with van der Waals surface area (Å²) < 4.78 is 12.9. The number of aromatic nitrogens is 1. The fourth-order valence-corrected chi connectivity index (χ4v) is 4.03. The highest BCUT2D eigenvalue weighted by Gasteiger charge is 2.22. The van der Waals surface area contributed by atoms with E-state index in [0.29, 0.717) is 5.89 Å². The molecule has 1 fully saturated rings. The van der Waals surface area contributed by atoms with Crippen LogP contribution in [0.5, 0.6) is 0 Å². The molecular formula is C20H21IN2O2. The van der Waals surface area contributed by atoms with Crippen molar-refractivity contribution in [3.05, 3.63) is 51.6 Å². The van der Waals surface area contributed by atoms with Gasteiger partial charge >= 0.3 is 0 Å². The second-order valence-electron chi connectivity index (χ2n) is 6.78. The van der Waals surface area contributed by atoms with Crippen molar-refractivity contribution in [1.82, 2.24) is 9.88 Å². The first kappa shape index (κ1) is 17.0. The Hall–Kier alpha value is -1.44. The lowest BCUT2D eigenvalue weighted by molar-refractivity contribution is -0.0704. The second-order valence-corrected chi connectivity index (χ2v) is 8.03. The van der Waals surface area contributed by atoms with Crippen LogP contribution < -0.4 is 0 Å². The lowest BCUT2D eigenvalue weighted by Crippen LogP contribution is -2.44. The van der Waals surface area contributed by atoms with Crippen molar-refractivity contribution in [3.8, 4) is 11.5 Å². The Morgan fingerprint density at radius 1 is 1.12 bits per heavy atom. The van der Waals surface area contributed by atoms with Gasteiger partial charge in [0.25, 0.3) is 0 Å². The molecule has 1 saturated heterocycles. The zero-order chi connectivity index (χ0) is 17.4. The molecule has 0 bridgehead atoms. The minimum Gasteiger partial charge on any atom is -0.436 e. The van der Waals surface area contributed by atoms with E-state index in [1.165, 1.54) is 9.13 Å². The Labute approximate surface area is 161 Å². The van der Waals surface area contributed by atoms with Crippen LogP contribution in [0.1, 0.15) is 19.4 Å². The maximum Gasteiger partial charge on any atom is 0.227 e. The third-order valence-electron chi connectivity index (χ3n) is 4.42. The Kier molecular flexibility index (Phi) is 4.80. The highest BCUT2D eigenvalue weighted by Crippen LogP contribution is 2.26. The number of halogens is 1. The number of fused-ring (bicyclic) bond motifs is 1. The van der Waals surface area contributed by atoms with Crippen molar-refractivity contribution >= 4 is 33.7 Å². The van der Waals surface area contributed by atoms with Gasteiger partial charge < -0.3 is 9.15 Å². The average Bonchev–Trinajstić information content (AvgIpc) is 2.97. The van der Waals surface area contributed by atoms with E-state index >= 15 is 0 Å². The molecule has 5 heteroatoms. The van der Waals surface area contributed by atoms with Crippen molar-refractivity contribution in [2.75, 3.05) is 13.1 Å². The van der Waals surface area contributed by atoms with E-state index in [9.17, 15) is 0 Å². The average molecular weight is 448 g/mol. The fraction of sp³-hybridized carbons (Fsp3) is 0.350. The molecule has 4 nitrogen and oxygen atoms in total. The number of hydrogen-bond acceptors (Lipinski definition) is 4. The molecule has 130 valence electrons. The molecule has 3 aromatic rings. The van der Waals surface area contributed by atoms with Gasteiger partial charge in [0.15, 0.2) is 5.58 Å². The van der Waals surface area contributed by atoms with Crippen LogP contribution in [0.15, 0.2) is 46.9 Å². The third-order valence-corrected chi connectivity index (χ3v) is 5.10. The van der Waals surface area contributed by atoms with Gasteiger partial charge in [-0.1, -0.05) is 12.1 Å². The quantitative estimate of drug-likeness (QED) is 0.545. The lowest BCUT2D eigenvalue weighted by Gasteiger charge is -2.35. The fourth-order valence-electron chi connectivity index (χ4n) is 3.49. The van der Waals surface area contributed by atoms with E-state index in [-0.39, 0.29) is 12.2 Å². The summed E-state index contributed by atoms with van der Waals surface area (Å²) in [5.74, 6) is 0.680. The highest BCUT2D eigenvalue weighted by atomic mass is 127. The molecule has 1 aliphatic rings. The molecule has 0 aliphatic carbocycles. The molecule has 4 rings (SSSR count). The van der Waals surface area contributed by atoms with Gasteiger partial charge in [-0.3, -0.25) is 4.90 Å². The van der Waals surface area contributed by atoms with E-state index in [4.69, 9.17) is 14.1 Å². The largest absolute Gasteiger partial charge is 0.436 e. The van der Waals surface area contributed by atoms with Crippen LogP contribution in [0.4, 0.5) is 0 Å². The van der Waals surface area contributed by atoms with E-state index in [2.05, 4.69) is 65.6 Å². The molecule has 0 saturated carbocycles. The van der Waals surface area contributed by atoms with Crippen LogP contribution in [0.2, 0.25) is 0 Å². The van der Waals surface area contributed by atoms with Gasteiger partial charge in [-0.25, -0.2) is 4.98 Å². The summed E-state index contributed by atoms with van der Waals surface area (Å²) in [6.07, 6.45) is 0.568. The number of morpholine rings is 1. The van der Waals surface area contributed by atoms with Crippen LogP contribution in [-0.2, 0) is 11.3 Å². The van der Waals surface area contributed by atoms with Crippen LogP contribution in [0, 0.1) is 3.57 Å². The summed E-state index contributed by atoms with van der Waals surface area (Å²) in [6, 6.07) is 14.5. The van der Waals surface area contributed by atoms with E-state index in [1.54, 1.807) is 0 Å². The molecule has 0 amide bonds. The first-order valence-electron chi connectivity index (χ1n) is 8.60. The zero-order valence-electron chi connectivity index (χ0n) is 14.4. The standard InChI is InChI=1S/C20H21IN2O2/c1-13-10-23(11-14(2)24-13)12-15-6-7-19-18(8-15)22-20(25-19)16-4-3-5-17(21)9-16/h3-9,13-14H,10-12H2,1-2H3. The van der Waals surface area contributed by atoms with Crippen molar-refractivity contribution in [1.29, 1.82) is 0 Å². The molecule has 1 aliphatic heterocycles. The minimum atomic E-state index is 0.284. The number of ether oxygens (including phenoxy) is 1. The molecule has 2 unspecified atom stereocenters. The predicted octanol–water partition coefficient (Wildman–Crippen LogP) is 4.71. The summed E-state index contributed by atoms with van der Waals surface area (Å²) in [5.41, 5.74) is 4.03. The molecule has 2 atom stereocenters. The topological polar surface area (TPSA) is 38.5 Å². The van der Waals surface area contributed by atoms with Gasteiger partial charge in [0, 0.05) is 28.8 Å². The van der Waals surface area contributed by atoms with E-state index in [0.717, 1.165) is 36.3 Å². The van der Waals surface area contributed by atoms with Crippen molar-refractivity contribution < 1.29 is 9.15 Å². The maximum atomic E-state index is 5.94. The van der Waals surface area contributed by atoms with Crippen LogP contribution in [0.25, 0.3) is 22.6 Å². The number of benzene rings is 2. The van der Waals surface area contributed by atoms with Gasteiger partial charge in [-0.15, -0.1) is 0 Å². The number of nitrogens with zero attached hydrogens (tertiary/aromatic N) is 2. The highest BCUT2D eigenvalue weighted by molar-refractivity contribution is 14.1. The number of hydrogen-bond donors (Lipinski definition) is 0. The van der Waals surface area contributed by atoms with Crippen molar-refractivity contribution in [3.63, 3.8) is 0 Å². The lowest BCUT2D eigenvalue weighted by atomic mass is 10.1. The summed E-state index contributed by atoms with van der Waals surface area (Å²) >= 11 is 2.30. The second kappa shape index (κ2) is 7.05. The Morgan fingerprint density at radius 3 is 2.68 bits per heavy atom. The summed E-state index contributed by atoms with van der Waals surface area (Å²) in [7, 11) is 0. The zero-order valence-corrected chi connectivity index (χ0v) is 16.6. The normalized spacial score (nSPS) is 21.7. The minimum absolute atomic E-state index is 0.284. The maximum absolute atomic E-state index is 5.94. The Morgan fingerprint density at radius 2 is 1.92 bits per heavy atom. The Balaban J connectivity index is 1.58. The van der Waals surface area contributed by atoms with Gasteiger partial charge in [-0.2, -0.15) is 0 Å². The van der Waals surface area contributed by atoms with Crippen molar-refractivity contribution in [2.24, 2.45) is 0 Å². The number of oxazole rings is 1. The monoisotopic (exact) mass is 448 g/mol. The third kappa shape index (κ3) is 3.88. The molecule has 1 aromatic heterocycles. The predicted molar refractivity (Wildman–Crippen MR) is 107 cm³/mol. The smallest absolute Gasteiger partial charge is 0.227 e. The number of rotatable bonds is 3. The summed E-state index contributed by atoms with van der Waals surface area (Å²) in [4.78, 5) is 7.14. The van der Waals surface area contributed by atoms with Crippen LogP contribution in [-0.4, -0.2) is 35.2 Å². The SMILES string of the molecule is CC1CN(Cc2ccc3oc(-c4cccc(I)c4)nc3c2)CC(C)O1. The van der Waals surface area contributed by atoms with Gasteiger partial charge in [0.1, 0.15) is 5.52 Å². The van der Waals surface area contributed by atoms with E-state index in [1.807, 2.05) is 18.2 Å². The van der Waals surface area contributed by atoms with Gasteiger partial charge in [0.2, 0.25) is 5.89 Å². The molecule has 2 heterocycles. The van der Waals surface area contributed by atoms with Gasteiger partial charge in [0.05, 0.1) is 12.2 Å². The van der Waals surface area contributed by atoms with Gasteiger partial charge in [-0.05, 0) is 72.3 Å². The molecule has 0 spiro atoms. The van der Waals surface area contributed by atoms with E-state index < -0.39 is 0 Å².